The lowest BCUT2D eigenvalue weighted by Crippen LogP contribution is -2.51. The molecule has 0 radical (unpaired) electrons. The number of benzene rings is 1. The molecule has 0 aromatic heterocycles. The zero-order chi connectivity index (χ0) is 19.9. The second kappa shape index (κ2) is 6.61. The van der Waals surface area contributed by atoms with Gasteiger partial charge >= 0.3 is 5.97 Å². The molecule has 2 heterocycles. The molecule has 0 unspecified atom stereocenters. The number of imide groups is 1. The van der Waals surface area contributed by atoms with Crippen LogP contribution in [-0.4, -0.2) is 46.6 Å². The highest BCUT2D eigenvalue weighted by molar-refractivity contribution is 6.39. The summed E-state index contributed by atoms with van der Waals surface area (Å²) in [7, 11) is 0. The Morgan fingerprint density at radius 2 is 1.78 bits per heavy atom. The third-order valence-corrected chi connectivity index (χ3v) is 4.65. The fourth-order valence-electron chi connectivity index (χ4n) is 3.67. The molecule has 1 aromatic rings. The Bertz CT molecular complexity index is 871. The fraction of sp³-hybridized carbons (Fsp3) is 0.421. The summed E-state index contributed by atoms with van der Waals surface area (Å²) in [5, 5.41) is 4.98. The zero-order valence-electron chi connectivity index (χ0n) is 15.7. The van der Waals surface area contributed by atoms with Gasteiger partial charge in [-0.25, -0.2) is 14.7 Å². The number of hydrogen-bond acceptors (Lipinski definition) is 6. The topological polar surface area (TPSA) is 96.3 Å². The van der Waals surface area contributed by atoms with Gasteiger partial charge in [0.1, 0.15) is 5.71 Å². The molecule has 1 spiro atoms. The van der Waals surface area contributed by atoms with Crippen molar-refractivity contribution in [2.24, 2.45) is 5.10 Å². The van der Waals surface area contributed by atoms with E-state index >= 15 is 0 Å². The third kappa shape index (κ3) is 3.01. The summed E-state index contributed by atoms with van der Waals surface area (Å²) in [6, 6.07) is 5.41. The normalized spacial score (nSPS) is 21.9. The molecule has 27 heavy (non-hydrogen) atoms. The van der Waals surface area contributed by atoms with Crippen LogP contribution in [-0.2, 0) is 23.9 Å². The van der Waals surface area contributed by atoms with Gasteiger partial charge in [-0.3, -0.25) is 14.4 Å². The number of esters is 1. The Morgan fingerprint density at radius 1 is 1.15 bits per heavy atom. The average molecular weight is 371 g/mol. The van der Waals surface area contributed by atoms with E-state index in [1.807, 2.05) is 19.9 Å². The number of aryl methyl sites for hydroxylation is 2. The summed E-state index contributed by atoms with van der Waals surface area (Å²) in [5.74, 6) is -2.20. The van der Waals surface area contributed by atoms with E-state index in [9.17, 15) is 19.2 Å². The van der Waals surface area contributed by atoms with Gasteiger partial charge in [0, 0.05) is 13.3 Å². The Kier molecular flexibility index (Phi) is 4.59. The second-order valence-electron chi connectivity index (χ2n) is 6.86. The van der Waals surface area contributed by atoms with Gasteiger partial charge in [0.25, 0.3) is 5.91 Å². The highest BCUT2D eigenvalue weighted by Crippen LogP contribution is 2.41. The van der Waals surface area contributed by atoms with E-state index in [0.717, 1.165) is 21.0 Å². The maximum absolute atomic E-state index is 13.3. The van der Waals surface area contributed by atoms with Crippen molar-refractivity contribution in [1.82, 2.24) is 5.01 Å². The van der Waals surface area contributed by atoms with Crippen LogP contribution in [0.1, 0.15) is 37.8 Å². The number of nitrogens with zero attached hydrogens (tertiary/aromatic N) is 3. The molecule has 0 saturated carbocycles. The van der Waals surface area contributed by atoms with Gasteiger partial charge in [0.2, 0.25) is 11.8 Å². The number of amides is 3. The van der Waals surface area contributed by atoms with Crippen LogP contribution < -0.4 is 4.90 Å². The lowest BCUT2D eigenvalue weighted by molar-refractivity contribution is -0.141. The molecule has 8 nitrogen and oxygen atoms in total. The number of anilines is 1. The van der Waals surface area contributed by atoms with Gasteiger partial charge in [0.05, 0.1) is 18.7 Å². The van der Waals surface area contributed by atoms with E-state index in [0.29, 0.717) is 5.69 Å². The van der Waals surface area contributed by atoms with Crippen molar-refractivity contribution < 1.29 is 23.9 Å². The van der Waals surface area contributed by atoms with Crippen LogP contribution in [0.2, 0.25) is 0 Å². The summed E-state index contributed by atoms with van der Waals surface area (Å²) in [6.45, 7) is 6.79. The molecule has 1 aromatic carbocycles. The second-order valence-corrected chi connectivity index (χ2v) is 6.86. The molecule has 1 atom stereocenters. The first-order chi connectivity index (χ1) is 12.7. The molecule has 2 aliphatic rings. The number of hydrogen-bond donors (Lipinski definition) is 0. The average Bonchev–Trinajstić information content (AvgIpc) is 3.06. The Hall–Kier alpha value is -3.03. The molecule has 1 saturated heterocycles. The minimum absolute atomic E-state index is 0.0320. The summed E-state index contributed by atoms with van der Waals surface area (Å²) in [5.41, 5.74) is 0.723. The summed E-state index contributed by atoms with van der Waals surface area (Å²) >= 11 is 0. The Labute approximate surface area is 156 Å². The fourth-order valence-corrected chi connectivity index (χ4v) is 3.67. The molecular formula is C19H21N3O5. The summed E-state index contributed by atoms with van der Waals surface area (Å²) in [6.07, 6.45) is -0.373. The van der Waals surface area contributed by atoms with Crippen LogP contribution in [0.15, 0.2) is 23.3 Å². The number of carbonyl (C=O) groups excluding carboxylic acids is 4. The molecule has 1 fully saturated rings. The summed E-state index contributed by atoms with van der Waals surface area (Å²) in [4.78, 5) is 51.3. The molecular weight excluding hydrogens is 350 g/mol. The largest absolute Gasteiger partial charge is 0.461 e. The number of carbonyl (C=O) groups is 4. The van der Waals surface area contributed by atoms with Crippen LogP contribution in [0.5, 0.6) is 0 Å². The predicted octanol–water partition coefficient (Wildman–Crippen LogP) is 1.48. The van der Waals surface area contributed by atoms with Crippen LogP contribution in [0.4, 0.5) is 5.69 Å². The van der Waals surface area contributed by atoms with E-state index in [2.05, 4.69) is 5.10 Å². The third-order valence-electron chi connectivity index (χ3n) is 4.65. The van der Waals surface area contributed by atoms with Crippen molar-refractivity contribution in [2.45, 2.75) is 46.1 Å². The van der Waals surface area contributed by atoms with Gasteiger partial charge < -0.3 is 4.74 Å². The van der Waals surface area contributed by atoms with Gasteiger partial charge in [0.15, 0.2) is 5.54 Å². The van der Waals surface area contributed by atoms with Crippen LogP contribution in [0.3, 0.4) is 0 Å². The van der Waals surface area contributed by atoms with Gasteiger partial charge in [-0.05, 0) is 44.0 Å². The van der Waals surface area contributed by atoms with Crippen LogP contribution in [0.25, 0.3) is 0 Å². The van der Waals surface area contributed by atoms with Crippen molar-refractivity contribution in [1.29, 1.82) is 0 Å². The van der Waals surface area contributed by atoms with E-state index < -0.39 is 29.2 Å². The smallest absolute Gasteiger partial charge is 0.354 e. The first-order valence-corrected chi connectivity index (χ1v) is 8.70. The van der Waals surface area contributed by atoms with E-state index in [4.69, 9.17) is 4.74 Å². The van der Waals surface area contributed by atoms with Crippen molar-refractivity contribution in [3.8, 4) is 0 Å². The molecule has 3 amide bonds. The predicted molar refractivity (Wildman–Crippen MR) is 97.0 cm³/mol. The standard InChI is InChI=1S/C19H21N3O5/c1-5-27-17(25)15-9-19(22(20-15)13(4)23)10-16(24)21(18(19)26)14-7-11(2)6-12(3)8-14/h6-8H,5,9-10H2,1-4H3/t19-/m0/s1. The highest BCUT2D eigenvalue weighted by Gasteiger charge is 2.61. The molecule has 2 aliphatic heterocycles. The first-order valence-electron chi connectivity index (χ1n) is 8.70. The van der Waals surface area contributed by atoms with E-state index in [1.54, 1.807) is 19.1 Å². The summed E-state index contributed by atoms with van der Waals surface area (Å²) < 4.78 is 4.94. The van der Waals surface area contributed by atoms with E-state index in [1.165, 1.54) is 6.92 Å². The Morgan fingerprint density at radius 3 is 2.33 bits per heavy atom. The number of rotatable bonds is 3. The molecule has 3 rings (SSSR count). The molecule has 0 N–H and O–H groups in total. The van der Waals surface area contributed by atoms with Crippen molar-refractivity contribution in [2.75, 3.05) is 11.5 Å². The number of ether oxygens (including phenoxy) is 1. The maximum atomic E-state index is 13.3. The molecule has 0 aliphatic carbocycles. The van der Waals surface area contributed by atoms with E-state index in [-0.39, 0.29) is 25.2 Å². The molecule has 8 heteroatoms. The monoisotopic (exact) mass is 371 g/mol. The number of hydrazone groups is 1. The van der Waals surface area contributed by atoms with Gasteiger partial charge in [-0.2, -0.15) is 5.10 Å². The first kappa shape index (κ1) is 18.8. The van der Waals surface area contributed by atoms with Gasteiger partial charge in [-0.15, -0.1) is 0 Å². The van der Waals surface area contributed by atoms with Gasteiger partial charge in [-0.1, -0.05) is 6.07 Å². The lowest BCUT2D eigenvalue weighted by Gasteiger charge is -2.29. The van der Waals surface area contributed by atoms with Crippen molar-refractivity contribution in [3.05, 3.63) is 29.3 Å². The van der Waals surface area contributed by atoms with Crippen LogP contribution in [0, 0.1) is 13.8 Å². The minimum Gasteiger partial charge on any atom is -0.461 e. The van der Waals surface area contributed by atoms with Crippen molar-refractivity contribution >= 4 is 35.1 Å². The lowest BCUT2D eigenvalue weighted by atomic mass is 9.91. The quantitative estimate of drug-likeness (QED) is 0.592. The zero-order valence-corrected chi connectivity index (χ0v) is 15.7. The SMILES string of the molecule is CCOC(=O)C1=NN(C(C)=O)[C@]2(CC(=O)N(c3cc(C)cc(C)c3)C2=O)C1. The minimum atomic E-state index is -1.51. The molecule has 142 valence electrons. The highest BCUT2D eigenvalue weighted by atomic mass is 16.5. The van der Waals surface area contributed by atoms with Crippen LogP contribution >= 0.6 is 0 Å². The van der Waals surface area contributed by atoms with Crippen molar-refractivity contribution in [3.63, 3.8) is 0 Å². The maximum Gasteiger partial charge on any atom is 0.354 e. The molecule has 0 bridgehead atoms. The Balaban J connectivity index is 2.01.